The number of ether oxygens (including phenoxy) is 1. The van der Waals surface area contributed by atoms with Gasteiger partial charge in [0.1, 0.15) is 15.8 Å². The molecule has 0 spiro atoms. The molecule has 180 valence electrons. The van der Waals surface area contributed by atoms with Crippen LogP contribution in [0.25, 0.3) is 11.7 Å². The summed E-state index contributed by atoms with van der Waals surface area (Å²) in [5.41, 5.74) is 0.583. The van der Waals surface area contributed by atoms with E-state index in [1.54, 1.807) is 41.1 Å². The molecule has 4 heterocycles. The highest BCUT2D eigenvalue weighted by Gasteiger charge is 2.35. The van der Waals surface area contributed by atoms with Crippen molar-refractivity contribution >= 4 is 57.8 Å². The van der Waals surface area contributed by atoms with Gasteiger partial charge in [0, 0.05) is 38.4 Å². The van der Waals surface area contributed by atoms with E-state index in [0.717, 1.165) is 6.42 Å². The number of thioether (sulfide) groups is 1. The number of hydrogen-bond donors (Lipinski definition) is 0. The van der Waals surface area contributed by atoms with Crippen molar-refractivity contribution in [2.75, 3.05) is 37.7 Å². The molecule has 2 saturated heterocycles. The predicted molar refractivity (Wildman–Crippen MR) is 137 cm³/mol. The quantitative estimate of drug-likeness (QED) is 0.457. The van der Waals surface area contributed by atoms with Crippen LogP contribution in [0, 0.1) is 0 Å². The summed E-state index contributed by atoms with van der Waals surface area (Å²) in [5.74, 6) is 0.300. The first-order valence-electron chi connectivity index (χ1n) is 11.3. The third kappa shape index (κ3) is 4.54. The molecule has 0 aromatic carbocycles. The number of rotatable bonds is 5. The van der Waals surface area contributed by atoms with Gasteiger partial charge in [-0.25, -0.2) is 9.78 Å². The van der Waals surface area contributed by atoms with Crippen LogP contribution in [-0.4, -0.2) is 74.3 Å². The van der Waals surface area contributed by atoms with E-state index in [1.807, 2.05) is 24.8 Å². The fourth-order valence-electron chi connectivity index (χ4n) is 3.95. The van der Waals surface area contributed by atoms with Crippen molar-refractivity contribution in [3.05, 3.63) is 45.2 Å². The summed E-state index contributed by atoms with van der Waals surface area (Å²) in [6, 6.07) is 5.33. The molecule has 9 nitrogen and oxygen atoms in total. The lowest BCUT2D eigenvalue weighted by atomic mass is 10.2. The van der Waals surface area contributed by atoms with Crippen molar-refractivity contribution in [1.29, 1.82) is 0 Å². The molecule has 0 N–H and O–H groups in total. The van der Waals surface area contributed by atoms with Crippen molar-refractivity contribution in [3.63, 3.8) is 0 Å². The minimum atomic E-state index is -0.345. The van der Waals surface area contributed by atoms with Crippen LogP contribution in [0.15, 0.2) is 34.1 Å². The molecule has 2 aliphatic rings. The van der Waals surface area contributed by atoms with Gasteiger partial charge in [-0.15, -0.1) is 0 Å². The highest BCUT2D eigenvalue weighted by molar-refractivity contribution is 8.26. The lowest BCUT2D eigenvalue weighted by Gasteiger charge is -2.35. The average Bonchev–Trinajstić information content (AvgIpc) is 3.13. The molecule has 0 aliphatic carbocycles. The van der Waals surface area contributed by atoms with Crippen LogP contribution in [0.1, 0.15) is 32.8 Å². The van der Waals surface area contributed by atoms with E-state index in [1.165, 1.54) is 16.2 Å². The average molecular weight is 502 g/mol. The molecule has 1 unspecified atom stereocenters. The first-order valence-corrected chi connectivity index (χ1v) is 12.5. The minimum Gasteiger partial charge on any atom is -0.450 e. The second-order valence-electron chi connectivity index (χ2n) is 8.07. The minimum absolute atomic E-state index is 0.0235. The predicted octanol–water partition coefficient (Wildman–Crippen LogP) is 2.97. The van der Waals surface area contributed by atoms with Gasteiger partial charge < -0.3 is 14.5 Å². The van der Waals surface area contributed by atoms with Crippen LogP contribution in [0.5, 0.6) is 0 Å². The van der Waals surface area contributed by atoms with Gasteiger partial charge in [0.25, 0.3) is 11.5 Å². The molecular formula is C23H27N5O4S2. The first kappa shape index (κ1) is 24.2. The van der Waals surface area contributed by atoms with Crippen LogP contribution < -0.4 is 10.5 Å². The molecule has 2 amide bonds. The largest absolute Gasteiger partial charge is 0.450 e. The number of amides is 2. The molecule has 11 heteroatoms. The number of carbonyl (C=O) groups excluding carboxylic acids is 2. The molecule has 2 aromatic heterocycles. The Morgan fingerprint density at radius 2 is 1.97 bits per heavy atom. The molecule has 2 aromatic rings. The van der Waals surface area contributed by atoms with E-state index in [-0.39, 0.29) is 23.6 Å². The van der Waals surface area contributed by atoms with Crippen molar-refractivity contribution in [2.24, 2.45) is 0 Å². The molecule has 2 aliphatic heterocycles. The fourth-order valence-corrected chi connectivity index (χ4v) is 5.39. The molecule has 0 radical (unpaired) electrons. The maximum atomic E-state index is 13.5. The number of hydrogen-bond acceptors (Lipinski definition) is 8. The molecule has 0 saturated carbocycles. The molecule has 1 atom stereocenters. The number of aromatic nitrogens is 2. The Kier molecular flexibility index (Phi) is 7.22. The van der Waals surface area contributed by atoms with E-state index in [9.17, 15) is 14.4 Å². The van der Waals surface area contributed by atoms with Crippen LogP contribution in [0.3, 0.4) is 0 Å². The van der Waals surface area contributed by atoms with Crippen LogP contribution in [-0.2, 0) is 9.53 Å². The van der Waals surface area contributed by atoms with Crippen molar-refractivity contribution < 1.29 is 14.3 Å². The van der Waals surface area contributed by atoms with Gasteiger partial charge in [0.15, 0.2) is 0 Å². The number of piperazine rings is 1. The Hall–Kier alpha value is -2.92. The standard InChI is InChI=1S/C23H27N5O4S2/c1-4-15(3)28-21(30)17(34-23(28)33)14-16-19(24-18-8-6-7-9-27(18)20(16)29)25-10-12-26(13-11-25)22(31)32-5-2/h6-9,14-15H,4-5,10-13H2,1-3H3/b17-14-. The smallest absolute Gasteiger partial charge is 0.409 e. The molecular weight excluding hydrogens is 474 g/mol. The number of pyridine rings is 1. The second-order valence-corrected chi connectivity index (χ2v) is 9.74. The Labute approximate surface area is 207 Å². The molecule has 2 fully saturated rings. The van der Waals surface area contributed by atoms with E-state index in [4.69, 9.17) is 21.9 Å². The van der Waals surface area contributed by atoms with E-state index >= 15 is 0 Å². The SMILES string of the molecule is CCOC(=O)N1CCN(c2nc3ccccn3c(=O)c2/C=C2\SC(=S)N(C(C)CC)C2=O)CC1. The summed E-state index contributed by atoms with van der Waals surface area (Å²) in [4.78, 5) is 49.1. The highest BCUT2D eigenvalue weighted by atomic mass is 32.2. The Morgan fingerprint density at radius 1 is 1.24 bits per heavy atom. The van der Waals surface area contributed by atoms with Gasteiger partial charge in [0.05, 0.1) is 17.1 Å². The summed E-state index contributed by atoms with van der Waals surface area (Å²) >= 11 is 6.65. The maximum absolute atomic E-state index is 13.5. The van der Waals surface area contributed by atoms with Gasteiger partial charge in [-0.1, -0.05) is 37.0 Å². The summed E-state index contributed by atoms with van der Waals surface area (Å²) in [7, 11) is 0. The van der Waals surface area contributed by atoms with Crippen molar-refractivity contribution in [2.45, 2.75) is 33.2 Å². The Morgan fingerprint density at radius 3 is 2.65 bits per heavy atom. The summed E-state index contributed by atoms with van der Waals surface area (Å²) in [5, 5.41) is 0. The van der Waals surface area contributed by atoms with Gasteiger partial charge in [-0.3, -0.25) is 18.9 Å². The van der Waals surface area contributed by atoms with E-state index < -0.39 is 0 Å². The lowest BCUT2D eigenvalue weighted by molar-refractivity contribution is -0.123. The first-order chi connectivity index (χ1) is 16.3. The second kappa shape index (κ2) is 10.1. The third-order valence-corrected chi connectivity index (χ3v) is 7.32. The van der Waals surface area contributed by atoms with Crippen LogP contribution in [0.4, 0.5) is 10.6 Å². The van der Waals surface area contributed by atoms with Crippen molar-refractivity contribution in [3.8, 4) is 0 Å². The number of carbonyl (C=O) groups is 2. The van der Waals surface area contributed by atoms with Crippen LogP contribution in [0.2, 0.25) is 0 Å². The topological polar surface area (TPSA) is 87.5 Å². The zero-order valence-electron chi connectivity index (χ0n) is 19.4. The van der Waals surface area contributed by atoms with Crippen molar-refractivity contribution in [1.82, 2.24) is 19.2 Å². The summed E-state index contributed by atoms with van der Waals surface area (Å²) in [6.45, 7) is 7.92. The van der Waals surface area contributed by atoms with E-state index in [0.29, 0.717) is 59.0 Å². The maximum Gasteiger partial charge on any atom is 0.409 e. The van der Waals surface area contributed by atoms with E-state index in [2.05, 4.69) is 0 Å². The highest BCUT2D eigenvalue weighted by Crippen LogP contribution is 2.35. The molecule has 4 rings (SSSR count). The monoisotopic (exact) mass is 501 g/mol. The third-order valence-electron chi connectivity index (χ3n) is 5.98. The Balaban J connectivity index is 1.73. The molecule has 0 bridgehead atoms. The van der Waals surface area contributed by atoms with Gasteiger partial charge >= 0.3 is 6.09 Å². The number of thiocarbonyl (C=S) groups is 1. The zero-order valence-corrected chi connectivity index (χ0v) is 21.0. The van der Waals surface area contributed by atoms with Crippen LogP contribution >= 0.6 is 24.0 Å². The summed E-state index contributed by atoms with van der Waals surface area (Å²) < 4.78 is 7.07. The number of fused-ring (bicyclic) bond motifs is 1. The number of anilines is 1. The molecule has 34 heavy (non-hydrogen) atoms. The van der Waals surface area contributed by atoms with Gasteiger partial charge in [-0.2, -0.15) is 0 Å². The summed E-state index contributed by atoms with van der Waals surface area (Å²) in [6.07, 6.45) is 3.71. The normalized spacial score (nSPS) is 18.8. The Bertz CT molecular complexity index is 1220. The van der Waals surface area contributed by atoms with Gasteiger partial charge in [-0.05, 0) is 38.5 Å². The number of nitrogens with zero attached hydrogens (tertiary/aromatic N) is 5. The zero-order chi connectivity index (χ0) is 24.4. The fraction of sp³-hybridized carbons (Fsp3) is 0.435. The lowest BCUT2D eigenvalue weighted by Crippen LogP contribution is -2.49. The van der Waals surface area contributed by atoms with Gasteiger partial charge in [0.2, 0.25) is 0 Å².